The Kier molecular flexibility index (Phi) is 9.12. The minimum atomic E-state index is -1.34. The molecule has 2 aromatic carbocycles. The lowest BCUT2D eigenvalue weighted by Gasteiger charge is -2.46. The van der Waals surface area contributed by atoms with Gasteiger partial charge in [0, 0.05) is 29.6 Å². The first-order chi connectivity index (χ1) is 25.0. The van der Waals surface area contributed by atoms with Crippen LogP contribution in [0.1, 0.15) is 64.4 Å². The van der Waals surface area contributed by atoms with E-state index in [9.17, 15) is 15.3 Å². The minimum absolute atomic E-state index is 0.00828. The van der Waals surface area contributed by atoms with Crippen molar-refractivity contribution in [2.75, 3.05) is 51.5 Å². The molecule has 0 bridgehead atoms. The van der Waals surface area contributed by atoms with Crippen molar-refractivity contribution in [2.24, 2.45) is 5.41 Å². The number of rotatable bonds is 9. The van der Waals surface area contributed by atoms with Gasteiger partial charge in [0.2, 0.25) is 5.88 Å². The molecule has 278 valence electrons. The van der Waals surface area contributed by atoms with Gasteiger partial charge in [-0.1, -0.05) is 19.4 Å². The fraction of sp³-hybridized carbons (Fsp3) is 0.564. The van der Waals surface area contributed by atoms with Crippen molar-refractivity contribution in [2.45, 2.75) is 89.0 Å². The van der Waals surface area contributed by atoms with Crippen molar-refractivity contribution < 1.29 is 38.3 Å². The summed E-state index contributed by atoms with van der Waals surface area (Å²) in [6.07, 6.45) is 7.52. The van der Waals surface area contributed by atoms with Gasteiger partial charge in [0.15, 0.2) is 5.82 Å². The molecule has 4 unspecified atom stereocenters. The molecule has 4 aromatic rings. The second-order valence-corrected chi connectivity index (χ2v) is 15.4. The number of aromatic nitrogens is 3. The number of aliphatic hydroxyl groups is 2. The molecule has 0 spiro atoms. The third-order valence-electron chi connectivity index (χ3n) is 11.6. The van der Waals surface area contributed by atoms with E-state index in [1.54, 1.807) is 17.9 Å². The number of methoxy groups -OCH3 is 1. The number of hydrogen-bond donors (Lipinski definition) is 3. The van der Waals surface area contributed by atoms with Crippen molar-refractivity contribution >= 4 is 27.5 Å². The molecule has 13 heteroatoms. The van der Waals surface area contributed by atoms with Gasteiger partial charge >= 0.3 is 6.01 Å². The lowest BCUT2D eigenvalue weighted by molar-refractivity contribution is -0.0528. The van der Waals surface area contributed by atoms with E-state index in [0.29, 0.717) is 41.4 Å². The van der Waals surface area contributed by atoms with Crippen molar-refractivity contribution in [3.63, 3.8) is 0 Å². The molecule has 0 radical (unpaired) electrons. The Morgan fingerprint density at radius 1 is 1.06 bits per heavy atom. The highest BCUT2D eigenvalue weighted by molar-refractivity contribution is 6.03. The summed E-state index contributed by atoms with van der Waals surface area (Å²) in [6, 6.07) is 6.79. The summed E-state index contributed by atoms with van der Waals surface area (Å²) in [4.78, 5) is 18.6. The van der Waals surface area contributed by atoms with E-state index in [4.69, 9.17) is 24.2 Å². The van der Waals surface area contributed by atoms with Gasteiger partial charge < -0.3 is 34.4 Å². The van der Waals surface area contributed by atoms with Gasteiger partial charge in [-0.05, 0) is 92.9 Å². The number of β-amino-alcohol motifs (C(OH)–C–C–N with tert-alkyl or cyclic N) is 1. The number of likely N-dealkylation sites (tertiary alicyclic amines) is 1. The van der Waals surface area contributed by atoms with Crippen LogP contribution < -0.4 is 14.4 Å². The first-order valence-electron chi connectivity index (χ1n) is 18.5. The van der Waals surface area contributed by atoms with Gasteiger partial charge in [-0.15, -0.1) is 0 Å². The van der Waals surface area contributed by atoms with E-state index in [0.717, 1.165) is 38.6 Å². The molecule has 11 nitrogen and oxygen atoms in total. The van der Waals surface area contributed by atoms with Crippen LogP contribution in [-0.4, -0.2) is 106 Å². The number of pyridine rings is 1. The normalized spacial score (nSPS) is 26.9. The zero-order valence-electron chi connectivity index (χ0n) is 30.0. The lowest BCUT2D eigenvalue weighted by Crippen LogP contribution is -2.52. The molecular formula is C39H47F2N5O6. The number of fused-ring (bicyclic) bond motifs is 3. The highest BCUT2D eigenvalue weighted by Gasteiger charge is 2.51. The highest BCUT2D eigenvalue weighted by Crippen LogP contribution is 2.51. The fourth-order valence-electron chi connectivity index (χ4n) is 9.14. The number of phenols is 1. The number of benzene rings is 2. The Labute approximate surface area is 301 Å². The number of anilines is 1. The minimum Gasteiger partial charge on any atom is -0.508 e. The fourth-order valence-corrected chi connectivity index (χ4v) is 9.14. The number of aromatic hydroxyl groups is 1. The summed E-state index contributed by atoms with van der Waals surface area (Å²) in [5, 5.41) is 33.3. The average Bonchev–Trinajstić information content (AvgIpc) is 3.91. The van der Waals surface area contributed by atoms with E-state index >= 15 is 8.78 Å². The SMILES string of the molecule is CCc1c(F)ccc2cc(O)cc(-c3nc(OC)c4c(N5CC(CO)OCC(C)(O)C5)nc(OCC56CCCC5N(C5CC5)CCC6)nc4c3F)c12. The van der Waals surface area contributed by atoms with Crippen LogP contribution in [0.3, 0.4) is 0 Å². The quantitative estimate of drug-likeness (QED) is 0.202. The molecule has 0 amide bonds. The summed E-state index contributed by atoms with van der Waals surface area (Å²) in [7, 11) is 1.40. The smallest absolute Gasteiger partial charge is 0.319 e. The van der Waals surface area contributed by atoms with Crippen molar-refractivity contribution in [1.29, 1.82) is 0 Å². The molecule has 2 aliphatic carbocycles. The van der Waals surface area contributed by atoms with Crippen LogP contribution in [-0.2, 0) is 11.2 Å². The molecular weight excluding hydrogens is 672 g/mol. The number of hydrogen-bond acceptors (Lipinski definition) is 11. The predicted molar refractivity (Wildman–Crippen MR) is 192 cm³/mol. The number of aryl methyl sites for hydroxylation is 1. The lowest BCUT2D eigenvalue weighted by atomic mass is 9.75. The second kappa shape index (κ2) is 13.5. The van der Waals surface area contributed by atoms with Gasteiger partial charge in [-0.25, -0.2) is 13.8 Å². The first-order valence-corrected chi connectivity index (χ1v) is 18.5. The predicted octanol–water partition coefficient (Wildman–Crippen LogP) is 5.52. The summed E-state index contributed by atoms with van der Waals surface area (Å²) >= 11 is 0. The zero-order valence-corrected chi connectivity index (χ0v) is 30.0. The summed E-state index contributed by atoms with van der Waals surface area (Å²) in [5.74, 6) is -1.20. The maximum Gasteiger partial charge on any atom is 0.319 e. The van der Waals surface area contributed by atoms with E-state index in [1.165, 1.54) is 38.2 Å². The molecule has 4 heterocycles. The highest BCUT2D eigenvalue weighted by atomic mass is 19.1. The molecule has 2 aliphatic heterocycles. The van der Waals surface area contributed by atoms with Gasteiger partial charge in [0.1, 0.15) is 39.6 Å². The van der Waals surface area contributed by atoms with Gasteiger partial charge in [-0.2, -0.15) is 9.97 Å². The molecule has 2 aromatic heterocycles. The zero-order chi connectivity index (χ0) is 36.4. The third kappa shape index (κ3) is 6.18. The Morgan fingerprint density at radius 2 is 1.87 bits per heavy atom. The summed E-state index contributed by atoms with van der Waals surface area (Å²) in [5.41, 5.74) is -1.17. The molecule has 8 rings (SSSR count). The monoisotopic (exact) mass is 719 g/mol. The van der Waals surface area contributed by atoms with Crippen LogP contribution in [0.15, 0.2) is 24.3 Å². The van der Waals surface area contributed by atoms with Crippen LogP contribution in [0.2, 0.25) is 0 Å². The number of piperidine rings is 1. The molecule has 52 heavy (non-hydrogen) atoms. The molecule has 4 atom stereocenters. The first kappa shape index (κ1) is 35.1. The Morgan fingerprint density at radius 3 is 2.62 bits per heavy atom. The van der Waals surface area contributed by atoms with Crippen LogP contribution in [0.25, 0.3) is 32.9 Å². The van der Waals surface area contributed by atoms with Crippen LogP contribution >= 0.6 is 0 Å². The summed E-state index contributed by atoms with van der Waals surface area (Å²) < 4.78 is 50.7. The largest absolute Gasteiger partial charge is 0.508 e. The molecule has 2 saturated heterocycles. The van der Waals surface area contributed by atoms with Crippen molar-refractivity contribution in [1.82, 2.24) is 19.9 Å². The Balaban J connectivity index is 1.31. The number of halogens is 2. The number of nitrogens with zero attached hydrogens (tertiary/aromatic N) is 5. The molecule has 4 fully saturated rings. The van der Waals surface area contributed by atoms with Crippen molar-refractivity contribution in [3.05, 3.63) is 41.5 Å². The molecule has 4 aliphatic rings. The summed E-state index contributed by atoms with van der Waals surface area (Å²) in [6.45, 7) is 4.74. The second-order valence-electron chi connectivity index (χ2n) is 15.4. The van der Waals surface area contributed by atoms with E-state index in [1.807, 2.05) is 6.92 Å². The topological polar surface area (TPSA) is 134 Å². The Bertz CT molecular complexity index is 2010. The third-order valence-corrected chi connectivity index (χ3v) is 11.6. The van der Waals surface area contributed by atoms with E-state index in [2.05, 4.69) is 9.88 Å². The molecule has 3 N–H and O–H groups in total. The van der Waals surface area contributed by atoms with E-state index in [-0.39, 0.29) is 77.3 Å². The van der Waals surface area contributed by atoms with Gasteiger partial charge in [0.05, 0.1) is 39.6 Å². The average molecular weight is 720 g/mol. The Hall–Kier alpha value is -3.91. The van der Waals surface area contributed by atoms with Crippen molar-refractivity contribution in [3.8, 4) is 28.9 Å². The van der Waals surface area contributed by atoms with Crippen LogP contribution in [0.5, 0.6) is 17.6 Å². The van der Waals surface area contributed by atoms with Gasteiger partial charge in [-0.3, -0.25) is 4.90 Å². The molecule has 2 saturated carbocycles. The van der Waals surface area contributed by atoms with Crippen LogP contribution in [0.4, 0.5) is 14.6 Å². The van der Waals surface area contributed by atoms with E-state index < -0.39 is 23.3 Å². The number of phenolic OH excluding ortho intramolecular Hbond substituents is 1. The van der Waals surface area contributed by atoms with Crippen LogP contribution in [0, 0.1) is 17.0 Å². The standard InChI is InChI=1S/C39H47F2N5O6/c1-4-26-28(40)11-8-22-15-24(48)16-27(30(22)26)33-32(41)34-31(36(42-33)50-3)35(45-17-25(18-47)51-20-38(2,49)19-45)44-37(43-34)52-21-39-12-5-7-29(39)46(14-6-13-39)23-9-10-23/h8,11,15-16,23,25,29,47-49H,4-7,9-10,12-14,17-21H2,1-3H3. The number of ether oxygens (including phenoxy) is 3. The number of aliphatic hydroxyl groups excluding tert-OH is 1. The van der Waals surface area contributed by atoms with Gasteiger partial charge in [0.25, 0.3) is 0 Å². The maximum atomic E-state index is 17.3. The maximum absolute atomic E-state index is 17.3.